The summed E-state index contributed by atoms with van der Waals surface area (Å²) in [4.78, 5) is 25.3. The van der Waals surface area contributed by atoms with E-state index in [4.69, 9.17) is 0 Å². The van der Waals surface area contributed by atoms with Crippen LogP contribution in [0.1, 0.15) is 50.0 Å². The van der Waals surface area contributed by atoms with Gasteiger partial charge in [-0.05, 0) is 19.4 Å². The largest absolute Gasteiger partial charge is 0.348 e. The highest BCUT2D eigenvalue weighted by Crippen LogP contribution is 2.03. The van der Waals surface area contributed by atoms with Crippen LogP contribution in [-0.2, 0) is 0 Å². The molecule has 1 amide bonds. The van der Waals surface area contributed by atoms with Crippen LogP contribution in [0.25, 0.3) is 0 Å². The first-order valence-electron chi connectivity index (χ1n) is 6.13. The predicted octanol–water partition coefficient (Wildman–Crippen LogP) is 2.07. The summed E-state index contributed by atoms with van der Waals surface area (Å²) in [5, 5.41) is 2.87. The fourth-order valence-corrected chi connectivity index (χ4v) is 1.65. The smallest absolute Gasteiger partial charge is 0.268 e. The Balaban J connectivity index is 2.46. The molecule has 0 aliphatic heterocycles. The fraction of sp³-hybridized carbons (Fsp3) is 0.538. The number of pyridine rings is 1. The van der Waals surface area contributed by atoms with E-state index in [1.165, 1.54) is 18.9 Å². The minimum Gasteiger partial charge on any atom is -0.348 e. The Morgan fingerprint density at radius 1 is 1.41 bits per heavy atom. The van der Waals surface area contributed by atoms with Gasteiger partial charge < -0.3 is 10.3 Å². The van der Waals surface area contributed by atoms with E-state index in [1.807, 2.05) is 6.92 Å². The van der Waals surface area contributed by atoms with Crippen molar-refractivity contribution >= 4 is 5.91 Å². The summed E-state index contributed by atoms with van der Waals surface area (Å²) in [7, 11) is 0. The van der Waals surface area contributed by atoms with Crippen molar-refractivity contribution in [3.05, 3.63) is 34.2 Å². The molecule has 0 aromatic carbocycles. The van der Waals surface area contributed by atoms with E-state index >= 15 is 0 Å². The molecule has 1 atom stereocenters. The molecule has 0 saturated carbocycles. The van der Waals surface area contributed by atoms with Crippen molar-refractivity contribution < 1.29 is 4.79 Å². The number of unbranched alkanes of at least 4 members (excludes halogenated alkanes) is 2. The quantitative estimate of drug-likeness (QED) is 0.743. The van der Waals surface area contributed by atoms with Gasteiger partial charge in [0.05, 0.1) is 0 Å². The number of rotatable bonds is 6. The maximum Gasteiger partial charge on any atom is 0.268 e. The van der Waals surface area contributed by atoms with Gasteiger partial charge in [-0.1, -0.05) is 32.3 Å². The van der Waals surface area contributed by atoms with Gasteiger partial charge >= 0.3 is 0 Å². The molecule has 17 heavy (non-hydrogen) atoms. The molecule has 0 fully saturated rings. The standard InChI is InChI=1S/C13H20N2O2/c1-3-4-5-7-10(2)14-13(17)11-8-6-9-12(16)15-11/h6,8-10H,3-5,7H2,1-2H3,(H,14,17)(H,15,16). The third-order valence-electron chi connectivity index (χ3n) is 2.63. The summed E-state index contributed by atoms with van der Waals surface area (Å²) in [6, 6.07) is 4.71. The maximum absolute atomic E-state index is 11.8. The minimum absolute atomic E-state index is 0.137. The zero-order chi connectivity index (χ0) is 12.7. The van der Waals surface area contributed by atoms with E-state index < -0.39 is 0 Å². The highest BCUT2D eigenvalue weighted by molar-refractivity contribution is 5.92. The molecule has 1 heterocycles. The van der Waals surface area contributed by atoms with Crippen molar-refractivity contribution in [1.29, 1.82) is 0 Å². The van der Waals surface area contributed by atoms with Crippen molar-refractivity contribution in [2.24, 2.45) is 0 Å². The second-order valence-corrected chi connectivity index (χ2v) is 4.30. The molecule has 0 bridgehead atoms. The van der Waals surface area contributed by atoms with Gasteiger partial charge in [0.15, 0.2) is 0 Å². The molecule has 0 saturated heterocycles. The van der Waals surface area contributed by atoms with Gasteiger partial charge in [0.25, 0.3) is 5.91 Å². The van der Waals surface area contributed by atoms with Crippen LogP contribution in [0.4, 0.5) is 0 Å². The zero-order valence-electron chi connectivity index (χ0n) is 10.5. The van der Waals surface area contributed by atoms with E-state index in [2.05, 4.69) is 17.2 Å². The van der Waals surface area contributed by atoms with Crippen LogP contribution in [0.5, 0.6) is 0 Å². The Morgan fingerprint density at radius 2 is 2.18 bits per heavy atom. The van der Waals surface area contributed by atoms with Gasteiger partial charge in [-0.3, -0.25) is 9.59 Å². The second-order valence-electron chi connectivity index (χ2n) is 4.30. The Labute approximate surface area is 101 Å². The molecule has 1 rings (SSSR count). The Hall–Kier alpha value is -1.58. The Kier molecular flexibility index (Phi) is 5.46. The van der Waals surface area contributed by atoms with Crippen LogP contribution < -0.4 is 10.9 Å². The minimum atomic E-state index is -0.253. The lowest BCUT2D eigenvalue weighted by Gasteiger charge is -2.13. The number of H-pyrrole nitrogens is 1. The van der Waals surface area contributed by atoms with Crippen molar-refractivity contribution in [2.75, 3.05) is 0 Å². The van der Waals surface area contributed by atoms with Crippen LogP contribution in [0.3, 0.4) is 0 Å². The van der Waals surface area contributed by atoms with Gasteiger partial charge in [0.2, 0.25) is 5.56 Å². The molecular weight excluding hydrogens is 216 g/mol. The normalized spacial score (nSPS) is 12.1. The molecule has 94 valence electrons. The highest BCUT2D eigenvalue weighted by atomic mass is 16.2. The number of carbonyl (C=O) groups excluding carboxylic acids is 1. The third-order valence-corrected chi connectivity index (χ3v) is 2.63. The summed E-state index contributed by atoms with van der Waals surface area (Å²) < 4.78 is 0. The predicted molar refractivity (Wildman–Crippen MR) is 68.1 cm³/mol. The summed E-state index contributed by atoms with van der Waals surface area (Å²) in [5.74, 6) is -0.216. The topological polar surface area (TPSA) is 62.0 Å². The lowest BCUT2D eigenvalue weighted by molar-refractivity contribution is 0.0932. The van der Waals surface area contributed by atoms with Gasteiger partial charge in [-0.2, -0.15) is 0 Å². The van der Waals surface area contributed by atoms with E-state index in [1.54, 1.807) is 12.1 Å². The van der Waals surface area contributed by atoms with Gasteiger partial charge in [-0.25, -0.2) is 0 Å². The summed E-state index contributed by atoms with van der Waals surface area (Å²) >= 11 is 0. The summed E-state index contributed by atoms with van der Waals surface area (Å²) in [5.41, 5.74) is 0.0659. The number of amides is 1. The van der Waals surface area contributed by atoms with Crippen molar-refractivity contribution in [2.45, 2.75) is 45.6 Å². The van der Waals surface area contributed by atoms with Crippen LogP contribution in [0.15, 0.2) is 23.0 Å². The van der Waals surface area contributed by atoms with E-state index in [0.717, 1.165) is 12.8 Å². The summed E-state index contributed by atoms with van der Waals surface area (Å²) in [6.07, 6.45) is 4.44. The van der Waals surface area contributed by atoms with Gasteiger partial charge in [-0.15, -0.1) is 0 Å². The van der Waals surface area contributed by atoms with Crippen molar-refractivity contribution in [3.8, 4) is 0 Å². The monoisotopic (exact) mass is 236 g/mol. The number of hydrogen-bond donors (Lipinski definition) is 2. The molecule has 4 nitrogen and oxygen atoms in total. The molecule has 1 aromatic rings. The van der Waals surface area contributed by atoms with Crippen LogP contribution >= 0.6 is 0 Å². The van der Waals surface area contributed by atoms with E-state index in [-0.39, 0.29) is 17.5 Å². The maximum atomic E-state index is 11.8. The van der Waals surface area contributed by atoms with Crippen LogP contribution in [0, 0.1) is 0 Å². The molecule has 2 N–H and O–H groups in total. The number of nitrogens with one attached hydrogen (secondary N) is 2. The zero-order valence-corrected chi connectivity index (χ0v) is 10.5. The van der Waals surface area contributed by atoms with Gasteiger partial charge in [0.1, 0.15) is 5.69 Å². The number of aromatic amines is 1. The Bertz CT molecular complexity index is 412. The number of carbonyl (C=O) groups is 1. The fourth-order valence-electron chi connectivity index (χ4n) is 1.65. The number of hydrogen-bond acceptors (Lipinski definition) is 2. The highest BCUT2D eigenvalue weighted by Gasteiger charge is 2.09. The first-order valence-corrected chi connectivity index (χ1v) is 6.13. The van der Waals surface area contributed by atoms with E-state index in [9.17, 15) is 9.59 Å². The van der Waals surface area contributed by atoms with Gasteiger partial charge in [0, 0.05) is 12.1 Å². The molecule has 0 radical (unpaired) electrons. The lowest BCUT2D eigenvalue weighted by atomic mass is 10.1. The first kappa shape index (κ1) is 13.5. The molecular formula is C13H20N2O2. The summed E-state index contributed by atoms with van der Waals surface area (Å²) in [6.45, 7) is 4.13. The molecule has 0 spiro atoms. The SMILES string of the molecule is CCCCCC(C)NC(=O)c1cccc(=O)[nH]1. The average molecular weight is 236 g/mol. The second kappa shape index (κ2) is 6.89. The van der Waals surface area contributed by atoms with Crippen LogP contribution in [-0.4, -0.2) is 16.9 Å². The van der Waals surface area contributed by atoms with Crippen molar-refractivity contribution in [3.63, 3.8) is 0 Å². The first-order chi connectivity index (χ1) is 8.13. The van der Waals surface area contributed by atoms with E-state index in [0.29, 0.717) is 5.69 Å². The molecule has 4 heteroatoms. The average Bonchev–Trinajstić information content (AvgIpc) is 2.29. The Morgan fingerprint density at radius 3 is 2.82 bits per heavy atom. The molecule has 1 aromatic heterocycles. The third kappa shape index (κ3) is 4.85. The molecule has 0 aliphatic carbocycles. The molecule has 0 aliphatic rings. The van der Waals surface area contributed by atoms with Crippen LogP contribution in [0.2, 0.25) is 0 Å². The lowest BCUT2D eigenvalue weighted by Crippen LogP contribution is -2.33. The number of aromatic nitrogens is 1. The van der Waals surface area contributed by atoms with Crippen molar-refractivity contribution in [1.82, 2.24) is 10.3 Å². The molecule has 1 unspecified atom stereocenters.